The van der Waals surface area contributed by atoms with Gasteiger partial charge >= 0.3 is 0 Å². The molecule has 1 rings (SSSR count). The molecule has 0 aromatic rings. The minimum absolute atomic E-state index is 0.744. The van der Waals surface area contributed by atoms with Gasteiger partial charge in [-0.05, 0) is 19.1 Å². The Morgan fingerprint density at radius 1 is 1.33 bits per heavy atom. The van der Waals surface area contributed by atoms with Gasteiger partial charge in [0.15, 0.2) is 0 Å². The van der Waals surface area contributed by atoms with E-state index in [0.29, 0.717) is 0 Å². The Balaban J connectivity index is 2.70. The standard InChI is InChI=1S/C7H11NO/c1-7(9)3-5-8(2)6-4-7/h3-6,9H,1-2H3. The van der Waals surface area contributed by atoms with Crippen molar-refractivity contribution >= 4 is 0 Å². The molecule has 0 spiro atoms. The van der Waals surface area contributed by atoms with Crippen molar-refractivity contribution in [2.75, 3.05) is 7.05 Å². The summed E-state index contributed by atoms with van der Waals surface area (Å²) in [6.45, 7) is 1.74. The molecule has 1 N–H and O–H groups in total. The van der Waals surface area contributed by atoms with E-state index in [1.165, 1.54) is 0 Å². The Morgan fingerprint density at radius 3 is 2.11 bits per heavy atom. The molecular weight excluding hydrogens is 114 g/mol. The van der Waals surface area contributed by atoms with Gasteiger partial charge in [0.25, 0.3) is 0 Å². The van der Waals surface area contributed by atoms with Gasteiger partial charge in [0.05, 0.1) is 0 Å². The van der Waals surface area contributed by atoms with Gasteiger partial charge in [-0.15, -0.1) is 0 Å². The Bertz CT molecular complexity index is 142. The van der Waals surface area contributed by atoms with Gasteiger partial charge in [-0.3, -0.25) is 0 Å². The zero-order chi connectivity index (χ0) is 6.91. The lowest BCUT2D eigenvalue weighted by Gasteiger charge is -2.21. The number of aliphatic hydroxyl groups is 1. The zero-order valence-corrected chi connectivity index (χ0v) is 5.70. The molecule has 50 valence electrons. The first kappa shape index (κ1) is 6.36. The molecule has 1 aliphatic rings. The molecule has 0 aliphatic carbocycles. The van der Waals surface area contributed by atoms with Crippen molar-refractivity contribution in [2.45, 2.75) is 12.5 Å². The second kappa shape index (κ2) is 1.88. The zero-order valence-electron chi connectivity index (χ0n) is 5.70. The van der Waals surface area contributed by atoms with Crippen LogP contribution in [0.4, 0.5) is 0 Å². The van der Waals surface area contributed by atoms with Gasteiger partial charge in [0.2, 0.25) is 0 Å². The van der Waals surface area contributed by atoms with Gasteiger partial charge in [0, 0.05) is 19.4 Å². The molecule has 2 nitrogen and oxygen atoms in total. The molecule has 0 saturated heterocycles. The smallest absolute Gasteiger partial charge is 0.101 e. The molecule has 0 aromatic carbocycles. The quantitative estimate of drug-likeness (QED) is 0.515. The summed E-state index contributed by atoms with van der Waals surface area (Å²) in [7, 11) is 1.92. The Kier molecular flexibility index (Phi) is 1.33. The minimum atomic E-state index is -0.744. The van der Waals surface area contributed by atoms with Crippen molar-refractivity contribution in [1.82, 2.24) is 4.90 Å². The van der Waals surface area contributed by atoms with E-state index in [4.69, 9.17) is 0 Å². The second-order valence-corrected chi connectivity index (χ2v) is 2.52. The molecule has 9 heavy (non-hydrogen) atoms. The van der Waals surface area contributed by atoms with Gasteiger partial charge in [-0.2, -0.15) is 0 Å². The molecule has 1 heterocycles. The number of hydrogen-bond donors (Lipinski definition) is 1. The molecule has 0 radical (unpaired) electrons. The second-order valence-electron chi connectivity index (χ2n) is 2.52. The predicted molar refractivity (Wildman–Crippen MR) is 36.7 cm³/mol. The van der Waals surface area contributed by atoms with Crippen LogP contribution >= 0.6 is 0 Å². The SMILES string of the molecule is CN1C=CC(C)(O)C=C1. The highest BCUT2D eigenvalue weighted by molar-refractivity contribution is 5.15. The lowest BCUT2D eigenvalue weighted by molar-refractivity contribution is 0.158. The molecule has 0 saturated carbocycles. The summed E-state index contributed by atoms with van der Waals surface area (Å²) in [6.07, 6.45) is 7.15. The van der Waals surface area contributed by atoms with Crippen LogP contribution in [0, 0.1) is 0 Å². The minimum Gasteiger partial charge on any atom is -0.382 e. The molecule has 0 amide bonds. The molecule has 2 heteroatoms. The number of rotatable bonds is 0. The van der Waals surface area contributed by atoms with Crippen molar-refractivity contribution < 1.29 is 5.11 Å². The summed E-state index contributed by atoms with van der Waals surface area (Å²) in [6, 6.07) is 0. The molecule has 1 aliphatic heterocycles. The highest BCUT2D eigenvalue weighted by Gasteiger charge is 2.13. The van der Waals surface area contributed by atoms with E-state index in [0.717, 1.165) is 0 Å². The summed E-state index contributed by atoms with van der Waals surface area (Å²) in [5.41, 5.74) is -0.744. The summed E-state index contributed by atoms with van der Waals surface area (Å²) in [5.74, 6) is 0. The van der Waals surface area contributed by atoms with Crippen LogP contribution in [0.1, 0.15) is 6.92 Å². The first-order valence-electron chi connectivity index (χ1n) is 2.93. The van der Waals surface area contributed by atoms with Crippen molar-refractivity contribution in [3.05, 3.63) is 24.6 Å². The molecular formula is C7H11NO. The van der Waals surface area contributed by atoms with Gasteiger partial charge in [-0.25, -0.2) is 0 Å². The van der Waals surface area contributed by atoms with E-state index >= 15 is 0 Å². The summed E-state index contributed by atoms with van der Waals surface area (Å²) < 4.78 is 0. The molecule has 0 atom stereocenters. The van der Waals surface area contributed by atoms with Gasteiger partial charge in [-0.1, -0.05) is 0 Å². The number of nitrogens with zero attached hydrogens (tertiary/aromatic N) is 1. The fourth-order valence-corrected chi connectivity index (χ4v) is 0.642. The summed E-state index contributed by atoms with van der Waals surface area (Å²) >= 11 is 0. The van der Waals surface area contributed by atoms with E-state index in [9.17, 15) is 5.11 Å². The molecule has 0 fully saturated rings. The van der Waals surface area contributed by atoms with Crippen LogP contribution in [0.2, 0.25) is 0 Å². The van der Waals surface area contributed by atoms with Crippen LogP contribution in [0.15, 0.2) is 24.6 Å². The lowest BCUT2D eigenvalue weighted by Crippen LogP contribution is -2.22. The maximum atomic E-state index is 9.29. The largest absolute Gasteiger partial charge is 0.382 e. The third-order valence-electron chi connectivity index (χ3n) is 1.29. The van der Waals surface area contributed by atoms with E-state index in [1.807, 2.05) is 24.3 Å². The van der Waals surface area contributed by atoms with E-state index in [-0.39, 0.29) is 0 Å². The fraction of sp³-hybridized carbons (Fsp3) is 0.429. The van der Waals surface area contributed by atoms with Gasteiger partial charge < -0.3 is 10.0 Å². The van der Waals surface area contributed by atoms with Crippen LogP contribution < -0.4 is 0 Å². The van der Waals surface area contributed by atoms with Crippen LogP contribution in [-0.4, -0.2) is 22.7 Å². The summed E-state index contributed by atoms with van der Waals surface area (Å²) in [4.78, 5) is 1.89. The maximum absolute atomic E-state index is 9.29. The average molecular weight is 125 g/mol. The number of hydrogen-bond acceptors (Lipinski definition) is 2. The van der Waals surface area contributed by atoms with Crippen molar-refractivity contribution in [2.24, 2.45) is 0 Å². The molecule has 0 unspecified atom stereocenters. The molecule has 0 aromatic heterocycles. The van der Waals surface area contributed by atoms with Crippen molar-refractivity contribution in [3.8, 4) is 0 Å². The molecule has 0 bridgehead atoms. The van der Waals surface area contributed by atoms with E-state index in [2.05, 4.69) is 0 Å². The Morgan fingerprint density at radius 2 is 1.78 bits per heavy atom. The maximum Gasteiger partial charge on any atom is 0.101 e. The summed E-state index contributed by atoms with van der Waals surface area (Å²) in [5, 5.41) is 9.29. The topological polar surface area (TPSA) is 23.5 Å². The van der Waals surface area contributed by atoms with Crippen molar-refractivity contribution in [1.29, 1.82) is 0 Å². The Labute approximate surface area is 55.1 Å². The third kappa shape index (κ3) is 1.57. The van der Waals surface area contributed by atoms with E-state index in [1.54, 1.807) is 19.1 Å². The van der Waals surface area contributed by atoms with Crippen LogP contribution in [-0.2, 0) is 0 Å². The monoisotopic (exact) mass is 125 g/mol. The highest BCUT2D eigenvalue weighted by Crippen LogP contribution is 2.12. The Hall–Kier alpha value is -0.760. The lowest BCUT2D eigenvalue weighted by atomic mass is 10.1. The fourth-order valence-electron chi connectivity index (χ4n) is 0.642. The average Bonchev–Trinajstić information content (AvgIpc) is 1.78. The van der Waals surface area contributed by atoms with Crippen LogP contribution in [0.5, 0.6) is 0 Å². The normalized spacial score (nSPS) is 22.8. The van der Waals surface area contributed by atoms with Crippen molar-refractivity contribution in [3.63, 3.8) is 0 Å². The van der Waals surface area contributed by atoms with Crippen LogP contribution in [0.25, 0.3) is 0 Å². The van der Waals surface area contributed by atoms with E-state index < -0.39 is 5.60 Å². The third-order valence-corrected chi connectivity index (χ3v) is 1.29. The highest BCUT2D eigenvalue weighted by atomic mass is 16.3. The first-order valence-corrected chi connectivity index (χ1v) is 2.93. The predicted octanol–water partition coefficient (Wildman–Crippen LogP) is 0.710. The van der Waals surface area contributed by atoms with Crippen LogP contribution in [0.3, 0.4) is 0 Å². The van der Waals surface area contributed by atoms with Gasteiger partial charge in [0.1, 0.15) is 5.60 Å². The first-order chi connectivity index (χ1) is 4.10.